The van der Waals surface area contributed by atoms with Crippen LogP contribution in [0.4, 0.5) is 21.9 Å². The van der Waals surface area contributed by atoms with E-state index < -0.39 is 11.0 Å². The third kappa shape index (κ3) is 4.77. The molecule has 130 valence electrons. The summed E-state index contributed by atoms with van der Waals surface area (Å²) in [4.78, 5) is 34.9. The summed E-state index contributed by atoms with van der Waals surface area (Å²) in [5.41, 5.74) is 1.86. The minimum atomic E-state index is -0.491. The first-order chi connectivity index (χ1) is 11.9. The maximum absolute atomic E-state index is 12.0. The second-order valence-electron chi connectivity index (χ2n) is 5.22. The van der Waals surface area contributed by atoms with Gasteiger partial charge in [0.15, 0.2) is 0 Å². The zero-order valence-corrected chi connectivity index (χ0v) is 13.8. The van der Waals surface area contributed by atoms with Crippen LogP contribution in [0.5, 0.6) is 0 Å². The quantitative estimate of drug-likeness (QED) is 0.664. The predicted molar refractivity (Wildman–Crippen MR) is 92.7 cm³/mol. The molecular formula is C17H17N3O5. The average Bonchev–Trinajstić information content (AvgIpc) is 2.61. The first-order valence-electron chi connectivity index (χ1n) is 7.35. The minimum Gasteiger partial charge on any atom is -0.452 e. The molecule has 1 N–H and O–H groups in total. The zero-order chi connectivity index (χ0) is 18.4. The number of ether oxygens (including phenoxy) is 1. The van der Waals surface area contributed by atoms with Crippen molar-refractivity contribution in [2.75, 3.05) is 24.4 Å². The lowest BCUT2D eigenvalue weighted by Crippen LogP contribution is -2.25. The predicted octanol–water partition coefficient (Wildman–Crippen LogP) is 2.98. The summed E-state index contributed by atoms with van der Waals surface area (Å²) in [6.07, 6.45) is -0.392. The molecule has 8 nitrogen and oxygen atoms in total. The summed E-state index contributed by atoms with van der Waals surface area (Å²) in [5.74, 6) is -0.247. The van der Waals surface area contributed by atoms with Crippen LogP contribution in [-0.4, -0.2) is 31.1 Å². The average molecular weight is 343 g/mol. The van der Waals surface area contributed by atoms with Gasteiger partial charge in [-0.2, -0.15) is 0 Å². The normalized spacial score (nSPS) is 10.0. The molecule has 25 heavy (non-hydrogen) atoms. The van der Waals surface area contributed by atoms with Crippen molar-refractivity contribution >= 4 is 29.1 Å². The Morgan fingerprint density at radius 2 is 1.72 bits per heavy atom. The molecule has 2 aromatic rings. The number of non-ortho nitro benzene ring substituents is 1. The molecule has 0 unspecified atom stereocenters. The van der Waals surface area contributed by atoms with Crippen molar-refractivity contribution in [1.82, 2.24) is 0 Å². The van der Waals surface area contributed by atoms with Crippen molar-refractivity contribution in [2.24, 2.45) is 0 Å². The molecule has 0 aromatic heterocycles. The molecule has 2 amide bonds. The third-order valence-electron chi connectivity index (χ3n) is 3.50. The fourth-order valence-electron chi connectivity index (χ4n) is 2.14. The first kappa shape index (κ1) is 17.9. The highest BCUT2D eigenvalue weighted by Crippen LogP contribution is 2.18. The lowest BCUT2D eigenvalue weighted by Gasteiger charge is -2.16. The fraction of sp³-hybridized carbons (Fsp3) is 0.176. The molecular weight excluding hydrogens is 326 g/mol. The van der Waals surface area contributed by atoms with E-state index in [-0.39, 0.29) is 18.0 Å². The number of nitrogens with zero attached hydrogens (tertiary/aromatic N) is 2. The number of anilines is 2. The summed E-state index contributed by atoms with van der Waals surface area (Å²) < 4.78 is 4.63. The molecule has 0 saturated heterocycles. The van der Waals surface area contributed by atoms with Crippen molar-refractivity contribution in [3.05, 3.63) is 64.2 Å². The highest BCUT2D eigenvalue weighted by molar-refractivity contribution is 5.93. The number of hydrogen-bond acceptors (Lipinski definition) is 5. The Bertz CT molecular complexity index is 772. The second-order valence-corrected chi connectivity index (χ2v) is 5.22. The van der Waals surface area contributed by atoms with E-state index in [1.165, 1.54) is 24.1 Å². The number of methoxy groups -OCH3 is 1. The van der Waals surface area contributed by atoms with E-state index in [1.807, 2.05) is 0 Å². The zero-order valence-electron chi connectivity index (χ0n) is 13.8. The number of carbonyl (C=O) groups excluding carboxylic acids is 2. The monoisotopic (exact) mass is 343 g/mol. The Kier molecular flexibility index (Phi) is 5.67. The van der Waals surface area contributed by atoms with Crippen LogP contribution in [0, 0.1) is 10.1 Å². The van der Waals surface area contributed by atoms with Crippen LogP contribution in [-0.2, 0) is 16.0 Å². The molecule has 0 atom stereocenters. The van der Waals surface area contributed by atoms with E-state index in [0.717, 1.165) is 0 Å². The molecule has 2 rings (SSSR count). The van der Waals surface area contributed by atoms with Gasteiger partial charge in [-0.15, -0.1) is 0 Å². The Hall–Kier alpha value is -3.42. The number of amides is 2. The molecule has 0 bridgehead atoms. The van der Waals surface area contributed by atoms with Gasteiger partial charge in [-0.25, -0.2) is 4.79 Å². The second kappa shape index (κ2) is 7.91. The molecule has 2 aromatic carbocycles. The first-order valence-corrected chi connectivity index (χ1v) is 7.35. The van der Waals surface area contributed by atoms with Gasteiger partial charge in [-0.1, -0.05) is 12.1 Å². The summed E-state index contributed by atoms with van der Waals surface area (Å²) in [5, 5.41) is 13.3. The summed E-state index contributed by atoms with van der Waals surface area (Å²) in [6, 6.07) is 12.5. The minimum absolute atomic E-state index is 0.0190. The van der Waals surface area contributed by atoms with E-state index in [2.05, 4.69) is 10.1 Å². The maximum atomic E-state index is 12.0. The van der Waals surface area contributed by atoms with E-state index >= 15 is 0 Å². The Morgan fingerprint density at radius 3 is 2.24 bits per heavy atom. The lowest BCUT2D eigenvalue weighted by atomic mass is 10.1. The summed E-state index contributed by atoms with van der Waals surface area (Å²) in [7, 11) is 2.87. The van der Waals surface area contributed by atoms with Crippen molar-refractivity contribution < 1.29 is 19.2 Å². The highest BCUT2D eigenvalue weighted by atomic mass is 16.6. The Morgan fingerprint density at radius 1 is 1.12 bits per heavy atom. The number of rotatable bonds is 5. The van der Waals surface area contributed by atoms with Crippen LogP contribution in [0.15, 0.2) is 48.5 Å². The highest BCUT2D eigenvalue weighted by Gasteiger charge is 2.11. The summed E-state index contributed by atoms with van der Waals surface area (Å²) >= 11 is 0. The number of nitro groups is 1. The smallest absolute Gasteiger partial charge is 0.413 e. The molecule has 0 spiro atoms. The Labute approximate surface area is 144 Å². The molecule has 0 fully saturated rings. The molecule has 0 radical (unpaired) electrons. The maximum Gasteiger partial charge on any atom is 0.413 e. The molecule has 0 heterocycles. The molecule has 0 aliphatic rings. The topological polar surface area (TPSA) is 102 Å². The molecule has 0 saturated carbocycles. The van der Waals surface area contributed by atoms with Gasteiger partial charge in [0.1, 0.15) is 0 Å². The number of nitrogens with one attached hydrogen (secondary N) is 1. The van der Waals surface area contributed by atoms with E-state index in [4.69, 9.17) is 0 Å². The van der Waals surface area contributed by atoms with E-state index in [9.17, 15) is 19.7 Å². The van der Waals surface area contributed by atoms with E-state index in [1.54, 1.807) is 43.4 Å². The van der Waals surface area contributed by atoms with Gasteiger partial charge in [-0.05, 0) is 29.8 Å². The van der Waals surface area contributed by atoms with Crippen LogP contribution >= 0.6 is 0 Å². The van der Waals surface area contributed by atoms with Crippen LogP contribution < -0.4 is 10.2 Å². The number of hydrogen-bond donors (Lipinski definition) is 1. The SMILES string of the molecule is COC(=O)N(C)c1ccc(NC(=O)Cc2ccc([N+](=O)[O-])cc2)cc1. The van der Waals surface area contributed by atoms with Crippen LogP contribution in [0.25, 0.3) is 0 Å². The summed E-state index contributed by atoms with van der Waals surface area (Å²) in [6.45, 7) is 0. The molecule has 0 aliphatic carbocycles. The van der Waals surface area contributed by atoms with Crippen molar-refractivity contribution in [3.8, 4) is 0 Å². The van der Waals surface area contributed by atoms with Gasteiger partial charge in [0, 0.05) is 30.6 Å². The van der Waals surface area contributed by atoms with Crippen LogP contribution in [0.3, 0.4) is 0 Å². The van der Waals surface area contributed by atoms with Gasteiger partial charge in [0.2, 0.25) is 5.91 Å². The fourth-order valence-corrected chi connectivity index (χ4v) is 2.14. The van der Waals surface area contributed by atoms with Gasteiger partial charge in [-0.3, -0.25) is 19.8 Å². The van der Waals surface area contributed by atoms with Gasteiger partial charge in [0.25, 0.3) is 5.69 Å². The third-order valence-corrected chi connectivity index (χ3v) is 3.50. The number of carbonyl (C=O) groups is 2. The van der Waals surface area contributed by atoms with Crippen molar-refractivity contribution in [3.63, 3.8) is 0 Å². The Balaban J connectivity index is 1.96. The molecule has 0 aliphatic heterocycles. The molecule has 8 heteroatoms. The van der Waals surface area contributed by atoms with E-state index in [0.29, 0.717) is 16.9 Å². The number of nitro benzene ring substituents is 1. The van der Waals surface area contributed by atoms with Crippen molar-refractivity contribution in [2.45, 2.75) is 6.42 Å². The van der Waals surface area contributed by atoms with Crippen LogP contribution in [0.1, 0.15) is 5.56 Å². The largest absolute Gasteiger partial charge is 0.452 e. The number of benzene rings is 2. The van der Waals surface area contributed by atoms with Gasteiger partial charge < -0.3 is 10.1 Å². The van der Waals surface area contributed by atoms with Gasteiger partial charge in [0.05, 0.1) is 18.5 Å². The van der Waals surface area contributed by atoms with Gasteiger partial charge >= 0.3 is 6.09 Å². The van der Waals surface area contributed by atoms with Crippen LogP contribution in [0.2, 0.25) is 0 Å². The standard InChI is InChI=1S/C17H17N3O5/c1-19(17(22)25-2)14-9-5-13(6-10-14)18-16(21)11-12-3-7-15(8-4-12)20(23)24/h3-10H,11H2,1-2H3,(H,18,21). The lowest BCUT2D eigenvalue weighted by molar-refractivity contribution is -0.384. The van der Waals surface area contributed by atoms with Crippen molar-refractivity contribution in [1.29, 1.82) is 0 Å².